The van der Waals surface area contributed by atoms with E-state index in [1.165, 1.54) is 14.2 Å². The monoisotopic (exact) mass is 388 g/mol. The van der Waals surface area contributed by atoms with Crippen LogP contribution in [0.4, 0.5) is 0 Å². The Hall–Kier alpha value is -0.990. The summed E-state index contributed by atoms with van der Waals surface area (Å²) in [6.07, 6.45) is -2.62. The van der Waals surface area contributed by atoms with E-state index in [1.54, 1.807) is 31.4 Å². The number of ether oxygens (including phenoxy) is 5. The largest absolute Gasteiger partial charge is 0.453 e. The fraction of sp³-hybridized carbons (Fsp3) is 0.562. The Labute approximate surface area is 144 Å². The van der Waals surface area contributed by atoms with E-state index in [4.69, 9.17) is 23.7 Å². The Morgan fingerprint density at radius 3 is 2.13 bits per heavy atom. The minimum atomic E-state index is -0.644. The number of carbonyl (C=O) groups is 1. The first-order chi connectivity index (χ1) is 11.0. The highest BCUT2D eigenvalue weighted by Crippen LogP contribution is 2.28. The van der Waals surface area contributed by atoms with E-state index in [0.717, 1.165) is 4.47 Å². The standard InChI is InChI=1S/C16H21BrO6/c1-9-12(19-2)13(14(20-3)16(21-4)22-9)23-15(18)10-5-7-11(17)8-6-10/h5-9,12-14,16H,1-4H3/t9-,12-,13+,14+,16+/m1/s1. The average molecular weight is 389 g/mol. The summed E-state index contributed by atoms with van der Waals surface area (Å²) in [5, 5.41) is 0. The molecule has 2 rings (SSSR count). The Balaban J connectivity index is 2.20. The molecule has 0 unspecified atom stereocenters. The smallest absolute Gasteiger partial charge is 0.338 e. The lowest BCUT2D eigenvalue weighted by molar-refractivity contribution is -0.294. The van der Waals surface area contributed by atoms with Gasteiger partial charge >= 0.3 is 5.97 Å². The second-order valence-electron chi connectivity index (χ2n) is 5.22. The highest BCUT2D eigenvalue weighted by molar-refractivity contribution is 9.10. The van der Waals surface area contributed by atoms with Gasteiger partial charge in [0.2, 0.25) is 0 Å². The quantitative estimate of drug-likeness (QED) is 0.721. The van der Waals surface area contributed by atoms with Crippen LogP contribution in [0.25, 0.3) is 0 Å². The summed E-state index contributed by atoms with van der Waals surface area (Å²) in [6, 6.07) is 6.94. The number of benzene rings is 1. The van der Waals surface area contributed by atoms with Gasteiger partial charge in [-0.15, -0.1) is 0 Å². The van der Waals surface area contributed by atoms with E-state index in [-0.39, 0.29) is 6.10 Å². The van der Waals surface area contributed by atoms with Crippen LogP contribution in [0.2, 0.25) is 0 Å². The number of halogens is 1. The third-order valence-corrected chi connectivity index (χ3v) is 4.36. The van der Waals surface area contributed by atoms with Crippen molar-refractivity contribution in [2.75, 3.05) is 21.3 Å². The summed E-state index contributed by atoms with van der Waals surface area (Å²) in [6.45, 7) is 1.84. The molecule has 0 saturated carbocycles. The fourth-order valence-corrected chi connectivity index (χ4v) is 2.91. The minimum absolute atomic E-state index is 0.306. The van der Waals surface area contributed by atoms with Crippen molar-refractivity contribution in [3.05, 3.63) is 34.3 Å². The number of hydrogen-bond acceptors (Lipinski definition) is 6. The molecule has 0 N–H and O–H groups in total. The zero-order chi connectivity index (χ0) is 17.0. The van der Waals surface area contributed by atoms with E-state index in [0.29, 0.717) is 5.56 Å². The van der Waals surface area contributed by atoms with E-state index < -0.39 is 30.6 Å². The summed E-state index contributed by atoms with van der Waals surface area (Å²) in [5.74, 6) is -0.449. The highest BCUT2D eigenvalue weighted by atomic mass is 79.9. The molecule has 5 atom stereocenters. The van der Waals surface area contributed by atoms with Gasteiger partial charge in [0.1, 0.15) is 12.2 Å². The molecule has 6 nitrogen and oxygen atoms in total. The van der Waals surface area contributed by atoms with E-state index in [2.05, 4.69) is 15.9 Å². The molecule has 1 saturated heterocycles. The van der Waals surface area contributed by atoms with Crippen LogP contribution in [0.5, 0.6) is 0 Å². The predicted molar refractivity (Wildman–Crippen MR) is 86.3 cm³/mol. The minimum Gasteiger partial charge on any atom is -0.453 e. The third-order valence-electron chi connectivity index (χ3n) is 3.83. The fourth-order valence-electron chi connectivity index (χ4n) is 2.65. The molecule has 0 aromatic heterocycles. The molecule has 1 fully saturated rings. The van der Waals surface area contributed by atoms with Crippen molar-refractivity contribution in [1.82, 2.24) is 0 Å². The highest BCUT2D eigenvalue weighted by Gasteiger charge is 2.47. The molecular formula is C16H21BrO6. The van der Waals surface area contributed by atoms with Gasteiger partial charge in [-0.2, -0.15) is 0 Å². The Bertz CT molecular complexity index is 520. The first kappa shape index (κ1) is 18.4. The van der Waals surface area contributed by atoms with Crippen LogP contribution in [0.3, 0.4) is 0 Å². The van der Waals surface area contributed by atoms with Gasteiger partial charge in [-0.3, -0.25) is 0 Å². The van der Waals surface area contributed by atoms with E-state index >= 15 is 0 Å². The van der Waals surface area contributed by atoms with Gasteiger partial charge in [0.15, 0.2) is 12.4 Å². The van der Waals surface area contributed by atoms with Crippen LogP contribution in [-0.2, 0) is 23.7 Å². The molecule has 0 bridgehead atoms. The summed E-state index contributed by atoms with van der Waals surface area (Å²) in [5.41, 5.74) is 0.450. The van der Waals surface area contributed by atoms with Crippen molar-refractivity contribution < 1.29 is 28.5 Å². The lowest BCUT2D eigenvalue weighted by Crippen LogP contribution is -2.59. The summed E-state index contributed by atoms with van der Waals surface area (Å²) < 4.78 is 28.4. The van der Waals surface area contributed by atoms with Gasteiger partial charge < -0.3 is 23.7 Å². The van der Waals surface area contributed by atoms with Crippen molar-refractivity contribution in [3.63, 3.8) is 0 Å². The topological polar surface area (TPSA) is 63.2 Å². The van der Waals surface area contributed by atoms with Gasteiger partial charge in [-0.1, -0.05) is 15.9 Å². The van der Waals surface area contributed by atoms with Crippen molar-refractivity contribution in [3.8, 4) is 0 Å². The van der Waals surface area contributed by atoms with Gasteiger partial charge in [-0.25, -0.2) is 4.79 Å². The van der Waals surface area contributed by atoms with Gasteiger partial charge in [-0.05, 0) is 31.2 Å². The van der Waals surface area contributed by atoms with Crippen LogP contribution >= 0.6 is 15.9 Å². The molecule has 0 aliphatic carbocycles. The first-order valence-corrected chi connectivity index (χ1v) is 8.01. The Morgan fingerprint density at radius 1 is 1.00 bits per heavy atom. The molecule has 1 aromatic rings. The molecule has 0 radical (unpaired) electrons. The van der Waals surface area contributed by atoms with Crippen molar-refractivity contribution >= 4 is 21.9 Å². The van der Waals surface area contributed by atoms with Crippen molar-refractivity contribution in [2.45, 2.75) is 37.6 Å². The van der Waals surface area contributed by atoms with Crippen LogP contribution < -0.4 is 0 Å². The van der Waals surface area contributed by atoms with Crippen LogP contribution in [0.1, 0.15) is 17.3 Å². The number of esters is 1. The third kappa shape index (κ3) is 4.10. The molecule has 1 aliphatic rings. The maximum Gasteiger partial charge on any atom is 0.338 e. The zero-order valence-corrected chi connectivity index (χ0v) is 15.1. The molecule has 0 amide bonds. The average Bonchev–Trinajstić information content (AvgIpc) is 2.55. The molecule has 0 spiro atoms. The lowest BCUT2D eigenvalue weighted by atomic mass is 9.99. The molecule has 1 aliphatic heterocycles. The maximum absolute atomic E-state index is 12.4. The molecule has 1 heterocycles. The van der Waals surface area contributed by atoms with Gasteiger partial charge in [0, 0.05) is 25.8 Å². The Kier molecular flexibility index (Phi) is 6.55. The number of methoxy groups -OCH3 is 3. The number of carbonyl (C=O) groups excluding carboxylic acids is 1. The van der Waals surface area contributed by atoms with E-state index in [9.17, 15) is 4.79 Å². The Morgan fingerprint density at radius 2 is 1.61 bits per heavy atom. The van der Waals surface area contributed by atoms with Crippen LogP contribution in [-0.4, -0.2) is 58.0 Å². The molecule has 23 heavy (non-hydrogen) atoms. The summed E-state index contributed by atoms with van der Waals surface area (Å²) in [4.78, 5) is 12.4. The lowest BCUT2D eigenvalue weighted by Gasteiger charge is -2.43. The predicted octanol–water partition coefficient (Wildman–Crippen LogP) is 2.40. The van der Waals surface area contributed by atoms with Crippen molar-refractivity contribution in [1.29, 1.82) is 0 Å². The van der Waals surface area contributed by atoms with Crippen molar-refractivity contribution in [2.24, 2.45) is 0 Å². The molecule has 128 valence electrons. The zero-order valence-electron chi connectivity index (χ0n) is 13.5. The number of hydrogen-bond donors (Lipinski definition) is 0. The second kappa shape index (κ2) is 8.21. The normalized spacial score (nSPS) is 30.9. The van der Waals surface area contributed by atoms with E-state index in [1.807, 2.05) is 6.92 Å². The molecule has 1 aromatic carbocycles. The summed E-state index contributed by atoms with van der Waals surface area (Å²) in [7, 11) is 4.58. The van der Waals surface area contributed by atoms with Gasteiger partial charge in [0.25, 0.3) is 0 Å². The number of rotatable bonds is 5. The van der Waals surface area contributed by atoms with Crippen LogP contribution in [0, 0.1) is 0 Å². The molecule has 7 heteroatoms. The SMILES string of the molecule is CO[C@H]1O[C@H](C)[C@@H](OC)[C@H](OC(=O)c2ccc(Br)cc2)[C@@H]1OC. The summed E-state index contributed by atoms with van der Waals surface area (Å²) >= 11 is 3.33. The second-order valence-corrected chi connectivity index (χ2v) is 6.14. The van der Waals surface area contributed by atoms with Crippen LogP contribution in [0.15, 0.2) is 28.7 Å². The molecular weight excluding hydrogens is 368 g/mol. The first-order valence-electron chi connectivity index (χ1n) is 7.22. The van der Waals surface area contributed by atoms with Gasteiger partial charge in [0.05, 0.1) is 11.7 Å². The maximum atomic E-state index is 12.4.